The molecule has 4 aromatic rings. The molecule has 0 atom stereocenters. The number of nitrogens with one attached hydrogen (secondary N) is 2. The van der Waals surface area contributed by atoms with Crippen molar-refractivity contribution in [2.45, 2.75) is 38.8 Å². The van der Waals surface area contributed by atoms with Crippen molar-refractivity contribution in [3.05, 3.63) is 84.0 Å². The number of benzene rings is 2. The van der Waals surface area contributed by atoms with Gasteiger partial charge in [-0.3, -0.25) is 0 Å². The zero-order chi connectivity index (χ0) is 22.5. The number of nitrogens with two attached hydrogens (primary N) is 2. The number of nitrogen functional groups attached to an aromatic ring is 2. The van der Waals surface area contributed by atoms with Crippen molar-refractivity contribution in [3.8, 4) is 11.5 Å². The highest BCUT2D eigenvalue weighted by Gasteiger charge is 2.16. The van der Waals surface area contributed by atoms with E-state index in [1.54, 1.807) is 36.4 Å². The SMILES string of the molecule is Cl.Cl.Nc1ccc(O)c(C[n+]2cc[nH]c2CCCCc2[nH]cc[n+]2Cc2cc(N)ccc2O)c1.O. The van der Waals surface area contributed by atoms with E-state index < -0.39 is 0 Å². The number of hydrogen-bond acceptors (Lipinski definition) is 4. The minimum absolute atomic E-state index is 0. The van der Waals surface area contributed by atoms with E-state index in [2.05, 4.69) is 19.1 Å². The molecule has 0 spiro atoms. The monoisotopic (exact) mass is 524 g/mol. The fourth-order valence-corrected chi connectivity index (χ4v) is 3.94. The average Bonchev–Trinajstić information content (AvgIpc) is 3.40. The first-order chi connectivity index (χ1) is 15.5. The van der Waals surface area contributed by atoms with Crippen molar-refractivity contribution in [1.29, 1.82) is 0 Å². The molecule has 10 N–H and O–H groups in total. The van der Waals surface area contributed by atoms with Crippen LogP contribution < -0.4 is 20.6 Å². The van der Waals surface area contributed by atoms with Gasteiger partial charge in [-0.25, -0.2) is 19.1 Å². The molecule has 0 radical (unpaired) electrons. The normalized spacial score (nSPS) is 10.2. The van der Waals surface area contributed by atoms with Crippen LogP contribution in [0.3, 0.4) is 0 Å². The minimum Gasteiger partial charge on any atom is -0.508 e. The lowest BCUT2D eigenvalue weighted by Crippen LogP contribution is -2.37. The van der Waals surface area contributed by atoms with Crippen molar-refractivity contribution in [2.24, 2.45) is 0 Å². The van der Waals surface area contributed by atoms with E-state index in [1.807, 2.05) is 24.8 Å². The highest BCUT2D eigenvalue weighted by molar-refractivity contribution is 5.85. The van der Waals surface area contributed by atoms with E-state index in [9.17, 15) is 10.2 Å². The number of imidazole rings is 2. The molecule has 190 valence electrons. The second-order valence-electron chi connectivity index (χ2n) is 8.05. The molecule has 0 amide bonds. The first-order valence-corrected chi connectivity index (χ1v) is 10.8. The molecule has 0 saturated heterocycles. The summed E-state index contributed by atoms with van der Waals surface area (Å²) in [5.74, 6) is 2.72. The average molecular weight is 525 g/mol. The Bertz CT molecular complexity index is 1120. The number of aromatic amines is 2. The van der Waals surface area contributed by atoms with Crippen LogP contribution in [-0.4, -0.2) is 25.7 Å². The predicted octanol–water partition coefficient (Wildman–Crippen LogP) is 2.17. The number of nitrogens with zero attached hydrogens (tertiary/aromatic N) is 2. The summed E-state index contributed by atoms with van der Waals surface area (Å²) in [6.07, 6.45) is 11.6. The van der Waals surface area contributed by atoms with Gasteiger partial charge in [0.15, 0.2) is 0 Å². The van der Waals surface area contributed by atoms with Crippen LogP contribution in [0.4, 0.5) is 11.4 Å². The van der Waals surface area contributed by atoms with Crippen molar-refractivity contribution in [1.82, 2.24) is 9.97 Å². The summed E-state index contributed by atoms with van der Waals surface area (Å²) in [5.41, 5.74) is 14.6. The largest absolute Gasteiger partial charge is 0.508 e. The summed E-state index contributed by atoms with van der Waals surface area (Å²) >= 11 is 0. The van der Waals surface area contributed by atoms with Crippen LogP contribution in [0.5, 0.6) is 11.5 Å². The quantitative estimate of drug-likeness (QED) is 0.0855. The molecule has 4 rings (SSSR count). The molecule has 0 fully saturated rings. The lowest BCUT2D eigenvalue weighted by atomic mass is 10.1. The molecule has 0 unspecified atom stereocenters. The van der Waals surface area contributed by atoms with E-state index in [0.29, 0.717) is 24.5 Å². The first kappa shape index (κ1) is 29.6. The third kappa shape index (κ3) is 7.54. The molecular formula is C24H34Cl2N6O3+2. The Balaban J connectivity index is 0.00000204. The van der Waals surface area contributed by atoms with E-state index in [1.165, 1.54) is 0 Å². The Hall–Kier alpha value is -3.40. The molecule has 11 heteroatoms. The molecule has 0 saturated carbocycles. The standard InChI is InChI=1S/C24H28N6O2.2ClH.H2O/c25-19-5-7-21(31)17(13-19)15-29-11-9-27-23(29)3-1-2-4-24-28-10-12-30(24)16-18-14-20(26)6-8-22(18)32;;;/h5-14,31-32H,1-4,15-16,25-26H2;2*1H;1H2/p+2. The summed E-state index contributed by atoms with van der Waals surface area (Å²) in [4.78, 5) is 6.61. The number of halogens is 2. The van der Waals surface area contributed by atoms with Gasteiger partial charge in [0.25, 0.3) is 11.6 Å². The van der Waals surface area contributed by atoms with Crippen molar-refractivity contribution >= 4 is 36.2 Å². The van der Waals surface area contributed by atoms with Gasteiger partial charge in [-0.15, -0.1) is 24.8 Å². The van der Waals surface area contributed by atoms with E-state index >= 15 is 0 Å². The van der Waals surface area contributed by atoms with Gasteiger partial charge in [0.1, 0.15) is 49.4 Å². The molecule has 0 aliphatic rings. The third-order valence-corrected chi connectivity index (χ3v) is 5.67. The Morgan fingerprint density at radius 2 is 1.09 bits per heavy atom. The minimum atomic E-state index is 0. The molecule has 0 aliphatic heterocycles. The van der Waals surface area contributed by atoms with Gasteiger partial charge in [-0.2, -0.15) is 0 Å². The number of unbranched alkanes of at least 4 members (excludes halogenated alkanes) is 1. The molecule has 35 heavy (non-hydrogen) atoms. The maximum atomic E-state index is 10.1. The van der Waals surface area contributed by atoms with Crippen molar-refractivity contribution < 1.29 is 24.8 Å². The Morgan fingerprint density at radius 3 is 1.49 bits per heavy atom. The van der Waals surface area contributed by atoms with Crippen LogP contribution >= 0.6 is 24.8 Å². The predicted molar refractivity (Wildman–Crippen MR) is 140 cm³/mol. The molecule has 0 aliphatic carbocycles. The first-order valence-electron chi connectivity index (χ1n) is 10.8. The topological polar surface area (TPSA) is 163 Å². The molecule has 2 aromatic carbocycles. The zero-order valence-electron chi connectivity index (χ0n) is 19.3. The Morgan fingerprint density at radius 1 is 0.686 bits per heavy atom. The van der Waals surface area contributed by atoms with Crippen LogP contribution in [-0.2, 0) is 25.9 Å². The van der Waals surface area contributed by atoms with Gasteiger partial charge in [0, 0.05) is 35.3 Å². The van der Waals surface area contributed by atoms with Crippen LogP contribution in [0.25, 0.3) is 0 Å². The lowest BCUT2D eigenvalue weighted by molar-refractivity contribution is -0.695. The second-order valence-corrected chi connectivity index (χ2v) is 8.05. The summed E-state index contributed by atoms with van der Waals surface area (Å²) in [6.45, 7) is 1.13. The van der Waals surface area contributed by atoms with Crippen molar-refractivity contribution in [2.75, 3.05) is 11.5 Å². The molecular weight excluding hydrogens is 491 g/mol. The lowest BCUT2D eigenvalue weighted by Gasteiger charge is -2.06. The highest BCUT2D eigenvalue weighted by Crippen LogP contribution is 2.20. The fourth-order valence-electron chi connectivity index (χ4n) is 3.94. The number of aromatic nitrogens is 4. The van der Waals surface area contributed by atoms with Gasteiger partial charge in [0.05, 0.1) is 0 Å². The third-order valence-electron chi connectivity index (χ3n) is 5.67. The zero-order valence-corrected chi connectivity index (χ0v) is 20.9. The van der Waals surface area contributed by atoms with Crippen LogP contribution in [0.15, 0.2) is 61.2 Å². The summed E-state index contributed by atoms with van der Waals surface area (Å²) in [6, 6.07) is 10.3. The number of phenols is 2. The number of H-pyrrole nitrogens is 2. The van der Waals surface area contributed by atoms with E-state index in [4.69, 9.17) is 11.5 Å². The van der Waals surface area contributed by atoms with Gasteiger partial charge < -0.3 is 27.2 Å². The molecule has 2 heterocycles. The number of aryl methyl sites for hydroxylation is 2. The fraction of sp³-hybridized carbons (Fsp3) is 0.250. The van der Waals surface area contributed by atoms with E-state index in [0.717, 1.165) is 48.5 Å². The molecule has 2 aromatic heterocycles. The number of anilines is 2. The Labute approximate surface area is 216 Å². The molecule has 9 nitrogen and oxygen atoms in total. The number of hydrogen-bond donors (Lipinski definition) is 6. The summed E-state index contributed by atoms with van der Waals surface area (Å²) in [5, 5.41) is 20.2. The highest BCUT2D eigenvalue weighted by atomic mass is 35.5. The number of phenolic OH excluding ortho intramolecular Hbond substituents is 2. The van der Waals surface area contributed by atoms with E-state index in [-0.39, 0.29) is 41.8 Å². The van der Waals surface area contributed by atoms with Gasteiger partial charge >= 0.3 is 0 Å². The molecule has 0 bridgehead atoms. The Kier molecular flexibility index (Phi) is 11.4. The maximum absolute atomic E-state index is 10.1. The van der Waals surface area contributed by atoms with Gasteiger partial charge in [-0.1, -0.05) is 0 Å². The van der Waals surface area contributed by atoms with Gasteiger partial charge in [-0.05, 0) is 49.2 Å². The summed E-state index contributed by atoms with van der Waals surface area (Å²) in [7, 11) is 0. The smallest absolute Gasteiger partial charge is 0.254 e. The number of aromatic hydroxyl groups is 2. The van der Waals surface area contributed by atoms with Crippen molar-refractivity contribution in [3.63, 3.8) is 0 Å². The number of rotatable bonds is 9. The van der Waals surface area contributed by atoms with Gasteiger partial charge in [0.2, 0.25) is 0 Å². The van der Waals surface area contributed by atoms with Crippen LogP contribution in [0.1, 0.15) is 35.6 Å². The maximum Gasteiger partial charge on any atom is 0.254 e. The second kappa shape index (κ2) is 13.5. The van der Waals surface area contributed by atoms with Crippen LogP contribution in [0.2, 0.25) is 0 Å². The van der Waals surface area contributed by atoms with Crippen LogP contribution in [0, 0.1) is 0 Å². The summed E-state index contributed by atoms with van der Waals surface area (Å²) < 4.78 is 4.21.